The number of hydrogen-bond acceptors (Lipinski definition) is 5. The zero-order valence-corrected chi connectivity index (χ0v) is 13.0. The number of nitrogens with one attached hydrogen (secondary N) is 2. The summed E-state index contributed by atoms with van der Waals surface area (Å²) in [6.07, 6.45) is -0.880. The number of nitrogens with zero attached hydrogens (tertiary/aromatic N) is 2. The molecule has 3 N–H and O–H groups in total. The lowest BCUT2D eigenvalue weighted by Crippen LogP contribution is -2.63. The van der Waals surface area contributed by atoms with Crippen molar-refractivity contribution >= 4 is 17.3 Å². The Balaban J connectivity index is 1.65. The molecule has 2 aromatic rings. The highest BCUT2D eigenvalue weighted by Gasteiger charge is 2.50. The fourth-order valence-corrected chi connectivity index (χ4v) is 3.13. The molecular weight excluding hydrogens is 304 g/mol. The number of rotatable bonds is 2. The summed E-state index contributed by atoms with van der Waals surface area (Å²) in [5.41, 5.74) is 8.34. The van der Waals surface area contributed by atoms with Gasteiger partial charge >= 0.3 is 0 Å². The molecule has 6 nitrogen and oxygen atoms in total. The molecule has 4 rings (SSSR count). The number of carbonyl (C=O) groups excluding carboxylic acids is 1. The minimum atomic E-state index is -0.880. The van der Waals surface area contributed by atoms with Gasteiger partial charge in [-0.1, -0.05) is 43.0 Å². The summed E-state index contributed by atoms with van der Waals surface area (Å²) in [6.45, 7) is 3.98. The molecule has 0 spiro atoms. The van der Waals surface area contributed by atoms with Gasteiger partial charge in [0.15, 0.2) is 0 Å². The van der Waals surface area contributed by atoms with Crippen LogP contribution in [0.2, 0.25) is 0 Å². The smallest absolute Gasteiger partial charge is 0.262 e. The van der Waals surface area contributed by atoms with Gasteiger partial charge in [0.25, 0.3) is 5.91 Å². The Morgan fingerprint density at radius 1 is 0.875 bits per heavy atom. The minimum Gasteiger partial charge on any atom is -0.385 e. The van der Waals surface area contributed by atoms with E-state index in [0.29, 0.717) is 5.70 Å². The Hall–Kier alpha value is -2.67. The molecule has 0 saturated carbocycles. The molecule has 1 amide bonds. The lowest BCUT2D eigenvalue weighted by atomic mass is 9.99. The molecule has 2 saturated heterocycles. The number of hydrogen-bond donors (Lipinski definition) is 3. The molecule has 2 fully saturated rings. The van der Waals surface area contributed by atoms with Crippen LogP contribution in [0.3, 0.4) is 0 Å². The number of aliphatic hydroxyl groups is 1. The average Bonchev–Trinajstić information content (AvgIpc) is 2.96. The van der Waals surface area contributed by atoms with Crippen LogP contribution in [0.25, 0.3) is 0 Å². The molecule has 6 heteroatoms. The van der Waals surface area contributed by atoms with E-state index < -0.39 is 18.2 Å². The van der Waals surface area contributed by atoms with Gasteiger partial charge in [-0.2, -0.15) is 0 Å². The number of benzene rings is 2. The van der Waals surface area contributed by atoms with Crippen LogP contribution in [0.4, 0.5) is 11.4 Å². The van der Waals surface area contributed by atoms with Crippen molar-refractivity contribution in [3.63, 3.8) is 0 Å². The van der Waals surface area contributed by atoms with Crippen LogP contribution in [-0.2, 0) is 4.79 Å². The Kier molecular flexibility index (Phi) is 3.57. The summed E-state index contributed by atoms with van der Waals surface area (Å²) >= 11 is 0. The highest BCUT2D eigenvalue weighted by atomic mass is 16.3. The molecule has 0 bridgehead atoms. The van der Waals surface area contributed by atoms with Gasteiger partial charge in [0.05, 0.1) is 23.1 Å². The summed E-state index contributed by atoms with van der Waals surface area (Å²) in [4.78, 5) is 12.8. The first-order chi connectivity index (χ1) is 11.7. The zero-order valence-electron chi connectivity index (χ0n) is 13.0. The van der Waals surface area contributed by atoms with Crippen LogP contribution in [0.5, 0.6) is 0 Å². The van der Waals surface area contributed by atoms with Crippen LogP contribution in [0.15, 0.2) is 72.9 Å². The predicted molar refractivity (Wildman–Crippen MR) is 91.8 cm³/mol. The molecule has 2 aliphatic heterocycles. The Labute approximate surface area is 139 Å². The number of fused-ring (bicyclic) bond motifs is 1. The zero-order chi connectivity index (χ0) is 16.7. The molecule has 24 heavy (non-hydrogen) atoms. The third-order valence-electron chi connectivity index (χ3n) is 4.39. The topological polar surface area (TPSA) is 67.8 Å². The lowest BCUT2D eigenvalue weighted by molar-refractivity contribution is -0.119. The normalized spacial score (nSPS) is 26.6. The van der Waals surface area contributed by atoms with E-state index in [-0.39, 0.29) is 5.91 Å². The minimum absolute atomic E-state index is 0.140. The van der Waals surface area contributed by atoms with Crippen LogP contribution < -0.4 is 20.9 Å². The first-order valence-electron chi connectivity index (χ1n) is 7.80. The van der Waals surface area contributed by atoms with Crippen molar-refractivity contribution < 1.29 is 9.90 Å². The summed E-state index contributed by atoms with van der Waals surface area (Å²) in [5.74, 6) is -0.140. The summed E-state index contributed by atoms with van der Waals surface area (Å²) in [7, 11) is 0. The highest BCUT2D eigenvalue weighted by molar-refractivity contribution is 5.99. The van der Waals surface area contributed by atoms with Crippen molar-refractivity contribution in [2.45, 2.75) is 18.2 Å². The van der Waals surface area contributed by atoms with Gasteiger partial charge in [-0.15, -0.1) is 0 Å². The van der Waals surface area contributed by atoms with Gasteiger partial charge < -0.3 is 5.11 Å². The number of para-hydroxylation sites is 2. The second kappa shape index (κ2) is 5.76. The monoisotopic (exact) mass is 322 g/mol. The quantitative estimate of drug-likeness (QED) is 0.775. The van der Waals surface area contributed by atoms with E-state index >= 15 is 0 Å². The Bertz CT molecular complexity index is 765. The first kappa shape index (κ1) is 14.9. The third-order valence-corrected chi connectivity index (χ3v) is 4.39. The number of amides is 1. The third kappa shape index (κ3) is 2.28. The number of anilines is 2. The maximum Gasteiger partial charge on any atom is 0.262 e. The molecule has 2 aromatic carbocycles. The molecule has 3 unspecified atom stereocenters. The fourth-order valence-electron chi connectivity index (χ4n) is 3.13. The van der Waals surface area contributed by atoms with E-state index in [2.05, 4.69) is 17.4 Å². The summed E-state index contributed by atoms with van der Waals surface area (Å²) in [6, 6.07) is 17.8. The SMILES string of the molecule is C=C1C(O)C2NN(c3ccccc3)C(=O)C2NN1c1ccccc1. The second-order valence-electron chi connectivity index (χ2n) is 5.88. The van der Waals surface area contributed by atoms with Crippen LogP contribution in [-0.4, -0.2) is 29.2 Å². The van der Waals surface area contributed by atoms with Crippen LogP contribution >= 0.6 is 0 Å². The predicted octanol–water partition coefficient (Wildman–Crippen LogP) is 1.17. The maximum atomic E-state index is 12.8. The van der Waals surface area contributed by atoms with E-state index in [1.54, 1.807) is 5.01 Å². The van der Waals surface area contributed by atoms with Crippen LogP contribution in [0, 0.1) is 0 Å². The largest absolute Gasteiger partial charge is 0.385 e. The molecule has 2 heterocycles. The van der Waals surface area contributed by atoms with Gasteiger partial charge in [-0.3, -0.25) is 9.80 Å². The van der Waals surface area contributed by atoms with Gasteiger partial charge in [-0.25, -0.2) is 15.9 Å². The number of aliphatic hydroxyl groups excluding tert-OH is 1. The van der Waals surface area contributed by atoms with E-state index in [1.807, 2.05) is 60.7 Å². The molecule has 0 radical (unpaired) electrons. The number of carbonyl (C=O) groups is 1. The Morgan fingerprint density at radius 3 is 2.00 bits per heavy atom. The first-order valence-corrected chi connectivity index (χ1v) is 7.80. The van der Waals surface area contributed by atoms with Crippen molar-refractivity contribution in [3.8, 4) is 0 Å². The van der Waals surface area contributed by atoms with E-state index in [0.717, 1.165) is 11.4 Å². The van der Waals surface area contributed by atoms with E-state index in [1.165, 1.54) is 5.01 Å². The van der Waals surface area contributed by atoms with Crippen molar-refractivity contribution in [2.24, 2.45) is 0 Å². The van der Waals surface area contributed by atoms with Gasteiger partial charge in [0.1, 0.15) is 12.1 Å². The molecule has 122 valence electrons. The lowest BCUT2D eigenvalue weighted by Gasteiger charge is -2.40. The van der Waals surface area contributed by atoms with Gasteiger partial charge in [0.2, 0.25) is 0 Å². The maximum absolute atomic E-state index is 12.8. The molecule has 0 aliphatic carbocycles. The van der Waals surface area contributed by atoms with Crippen molar-refractivity contribution in [1.29, 1.82) is 0 Å². The summed E-state index contributed by atoms with van der Waals surface area (Å²) in [5, 5.41) is 13.8. The average molecular weight is 322 g/mol. The highest BCUT2D eigenvalue weighted by Crippen LogP contribution is 2.29. The second-order valence-corrected chi connectivity index (χ2v) is 5.88. The fraction of sp³-hybridized carbons (Fsp3) is 0.167. The Morgan fingerprint density at radius 2 is 1.42 bits per heavy atom. The van der Waals surface area contributed by atoms with Crippen LogP contribution in [0.1, 0.15) is 0 Å². The van der Waals surface area contributed by atoms with Gasteiger partial charge in [0, 0.05) is 0 Å². The van der Waals surface area contributed by atoms with Gasteiger partial charge in [-0.05, 0) is 24.3 Å². The van der Waals surface area contributed by atoms with Crippen molar-refractivity contribution in [3.05, 3.63) is 72.9 Å². The molecular formula is C18H18N4O2. The van der Waals surface area contributed by atoms with E-state index in [4.69, 9.17) is 0 Å². The standard InChI is InChI=1S/C18H18N4O2/c1-12-17(23)15-16(20-21(12)13-8-4-2-5-9-13)18(24)22(19-15)14-10-6-3-7-11-14/h2-11,15-17,19-20,23H,1H2. The number of hydrazine groups is 2. The van der Waals surface area contributed by atoms with Crippen molar-refractivity contribution in [2.75, 3.05) is 10.0 Å². The van der Waals surface area contributed by atoms with Crippen molar-refractivity contribution in [1.82, 2.24) is 10.9 Å². The van der Waals surface area contributed by atoms with E-state index in [9.17, 15) is 9.90 Å². The molecule has 3 atom stereocenters. The molecule has 2 aliphatic rings. The molecule has 0 aromatic heterocycles. The summed E-state index contributed by atoms with van der Waals surface area (Å²) < 4.78 is 0.